The molecule has 0 heterocycles. The third-order valence-electron chi connectivity index (χ3n) is 6.79. The molecule has 0 aliphatic heterocycles. The molecule has 3 aromatic carbocycles. The van der Waals surface area contributed by atoms with E-state index in [-0.39, 0.29) is 23.4 Å². The molecule has 0 bridgehead atoms. The number of benzene rings is 3. The Morgan fingerprint density at radius 2 is 1.56 bits per heavy atom. The van der Waals surface area contributed by atoms with E-state index in [1.54, 1.807) is 56.3 Å². The number of aryl methyl sites for hydroxylation is 1. The monoisotopic (exact) mass is 637 g/mol. The van der Waals surface area contributed by atoms with E-state index in [4.69, 9.17) is 34.8 Å². The highest BCUT2D eigenvalue weighted by Gasteiger charge is 2.34. The molecule has 2 amide bonds. The second-order valence-corrected chi connectivity index (χ2v) is 12.9. The van der Waals surface area contributed by atoms with Crippen molar-refractivity contribution in [3.8, 4) is 0 Å². The summed E-state index contributed by atoms with van der Waals surface area (Å²) in [5, 5.41) is 4.00. The van der Waals surface area contributed by atoms with Crippen LogP contribution in [0.3, 0.4) is 0 Å². The highest BCUT2D eigenvalue weighted by atomic mass is 35.5. The van der Waals surface area contributed by atoms with Crippen molar-refractivity contribution in [3.63, 3.8) is 0 Å². The van der Waals surface area contributed by atoms with Crippen LogP contribution in [-0.2, 0) is 26.2 Å². The summed E-state index contributed by atoms with van der Waals surface area (Å²) in [7, 11) is -4.19. The van der Waals surface area contributed by atoms with Gasteiger partial charge in [-0.3, -0.25) is 13.9 Å². The minimum absolute atomic E-state index is 0.0180. The average Bonchev–Trinajstić information content (AvgIpc) is 2.94. The van der Waals surface area contributed by atoms with Crippen molar-refractivity contribution in [2.75, 3.05) is 10.8 Å². The van der Waals surface area contributed by atoms with E-state index in [9.17, 15) is 18.0 Å². The Hall–Kier alpha value is -2.78. The van der Waals surface area contributed by atoms with Gasteiger partial charge in [0.1, 0.15) is 12.6 Å². The molecule has 1 N–H and O–H groups in total. The summed E-state index contributed by atoms with van der Waals surface area (Å²) in [6.07, 6.45) is 1.02. The highest BCUT2D eigenvalue weighted by molar-refractivity contribution is 7.92. The summed E-state index contributed by atoms with van der Waals surface area (Å²) < 4.78 is 29.0. The smallest absolute Gasteiger partial charge is 0.264 e. The first-order chi connectivity index (χ1) is 19.4. The Balaban J connectivity index is 2.09. The van der Waals surface area contributed by atoms with Gasteiger partial charge in [-0.1, -0.05) is 72.9 Å². The summed E-state index contributed by atoms with van der Waals surface area (Å²) in [6.45, 7) is 6.89. The Bertz CT molecular complexity index is 1480. The van der Waals surface area contributed by atoms with Gasteiger partial charge in [0.05, 0.1) is 20.6 Å². The maximum atomic E-state index is 14.1. The van der Waals surface area contributed by atoms with Gasteiger partial charge in [-0.2, -0.15) is 0 Å². The third-order valence-corrected chi connectivity index (χ3v) is 9.55. The number of carbonyl (C=O) groups excluding carboxylic acids is 2. The molecule has 0 radical (unpaired) electrons. The number of sulfonamides is 1. The van der Waals surface area contributed by atoms with Gasteiger partial charge >= 0.3 is 0 Å². The number of para-hydroxylation sites is 1. The summed E-state index contributed by atoms with van der Waals surface area (Å²) >= 11 is 18.4. The van der Waals surface area contributed by atoms with Crippen molar-refractivity contribution in [1.29, 1.82) is 0 Å². The molecule has 0 saturated heterocycles. The average molecular weight is 639 g/mol. The van der Waals surface area contributed by atoms with Crippen LogP contribution in [0.4, 0.5) is 5.69 Å². The van der Waals surface area contributed by atoms with E-state index in [2.05, 4.69) is 5.32 Å². The normalized spacial score (nSPS) is 12.9. The molecule has 3 rings (SSSR count). The zero-order chi connectivity index (χ0) is 30.3. The molecule has 220 valence electrons. The number of amides is 2. The van der Waals surface area contributed by atoms with E-state index < -0.39 is 28.5 Å². The van der Waals surface area contributed by atoms with Gasteiger partial charge in [-0.25, -0.2) is 8.42 Å². The van der Waals surface area contributed by atoms with Crippen LogP contribution in [-0.4, -0.2) is 43.8 Å². The van der Waals surface area contributed by atoms with E-state index >= 15 is 0 Å². The van der Waals surface area contributed by atoms with Gasteiger partial charge in [-0.15, -0.1) is 0 Å². The Morgan fingerprint density at radius 3 is 2.15 bits per heavy atom. The van der Waals surface area contributed by atoms with Crippen LogP contribution in [0.2, 0.25) is 15.1 Å². The molecule has 3 aromatic rings. The molecule has 0 fully saturated rings. The van der Waals surface area contributed by atoms with Gasteiger partial charge in [0, 0.05) is 17.6 Å². The summed E-state index contributed by atoms with van der Waals surface area (Å²) in [6, 6.07) is 16.7. The lowest BCUT2D eigenvalue weighted by atomic mass is 10.1. The van der Waals surface area contributed by atoms with E-state index in [1.165, 1.54) is 29.2 Å². The minimum atomic E-state index is -4.19. The minimum Gasteiger partial charge on any atom is -0.352 e. The van der Waals surface area contributed by atoms with E-state index in [1.807, 2.05) is 13.8 Å². The van der Waals surface area contributed by atoms with Crippen molar-refractivity contribution in [2.24, 2.45) is 0 Å². The molecule has 0 aliphatic carbocycles. The number of halogens is 3. The van der Waals surface area contributed by atoms with Crippen LogP contribution in [0.15, 0.2) is 71.6 Å². The lowest BCUT2D eigenvalue weighted by Gasteiger charge is -2.34. The van der Waals surface area contributed by atoms with Crippen LogP contribution in [0.5, 0.6) is 0 Å². The third kappa shape index (κ3) is 8.16. The standard InChI is InChI=1S/C30H34Cl3N3O4S/c1-5-21(4)34-30(38)27(6-2)35(18-22-11-16-25(32)26(33)17-22)29(37)19-36(28-10-8-7-9-20(28)3)41(39,40)24-14-12-23(31)13-15-24/h7-17,21,27H,5-6,18-19H2,1-4H3,(H,34,38)/t21-,27+/m0/s1. The quantitative estimate of drug-likeness (QED) is 0.235. The van der Waals surface area contributed by atoms with Gasteiger partial charge < -0.3 is 10.2 Å². The molecule has 0 unspecified atom stereocenters. The first-order valence-electron chi connectivity index (χ1n) is 13.3. The topological polar surface area (TPSA) is 86.8 Å². The maximum absolute atomic E-state index is 14.1. The molecule has 2 atom stereocenters. The summed E-state index contributed by atoms with van der Waals surface area (Å²) in [5.41, 5.74) is 1.66. The molecule has 11 heteroatoms. The molecule has 0 aliphatic rings. The zero-order valence-electron chi connectivity index (χ0n) is 23.4. The van der Waals surface area contributed by atoms with Gasteiger partial charge in [0.15, 0.2) is 0 Å². The predicted octanol–water partition coefficient (Wildman–Crippen LogP) is 6.87. The van der Waals surface area contributed by atoms with Crippen LogP contribution in [0.25, 0.3) is 0 Å². The predicted molar refractivity (Wildman–Crippen MR) is 166 cm³/mol. The van der Waals surface area contributed by atoms with Crippen LogP contribution < -0.4 is 9.62 Å². The van der Waals surface area contributed by atoms with Crippen molar-refractivity contribution in [2.45, 2.75) is 64.1 Å². The number of rotatable bonds is 12. The van der Waals surface area contributed by atoms with Gasteiger partial charge in [0.25, 0.3) is 10.0 Å². The molecule has 0 spiro atoms. The second kappa shape index (κ2) is 14.4. The van der Waals surface area contributed by atoms with Crippen LogP contribution >= 0.6 is 34.8 Å². The van der Waals surface area contributed by atoms with Gasteiger partial charge in [-0.05, 0) is 80.3 Å². The Kier molecular flexibility index (Phi) is 11.5. The highest BCUT2D eigenvalue weighted by Crippen LogP contribution is 2.29. The lowest BCUT2D eigenvalue weighted by molar-refractivity contribution is -0.140. The lowest BCUT2D eigenvalue weighted by Crippen LogP contribution is -2.53. The van der Waals surface area contributed by atoms with Crippen molar-refractivity contribution in [3.05, 3.63) is 92.9 Å². The van der Waals surface area contributed by atoms with Crippen molar-refractivity contribution in [1.82, 2.24) is 10.2 Å². The number of hydrogen-bond acceptors (Lipinski definition) is 4. The first kappa shape index (κ1) is 32.7. The molecule has 41 heavy (non-hydrogen) atoms. The number of hydrogen-bond donors (Lipinski definition) is 1. The second-order valence-electron chi connectivity index (χ2n) is 9.76. The van der Waals surface area contributed by atoms with Gasteiger partial charge in [0.2, 0.25) is 11.8 Å². The number of nitrogens with one attached hydrogen (secondary N) is 1. The number of anilines is 1. The fourth-order valence-electron chi connectivity index (χ4n) is 4.29. The van der Waals surface area contributed by atoms with Crippen LogP contribution in [0.1, 0.15) is 44.7 Å². The number of carbonyl (C=O) groups is 2. The van der Waals surface area contributed by atoms with Crippen molar-refractivity contribution >= 4 is 62.3 Å². The fourth-order valence-corrected chi connectivity index (χ4v) is 6.21. The maximum Gasteiger partial charge on any atom is 0.264 e. The van der Waals surface area contributed by atoms with Crippen molar-refractivity contribution < 1.29 is 18.0 Å². The van der Waals surface area contributed by atoms with Crippen LogP contribution in [0, 0.1) is 6.92 Å². The summed E-state index contributed by atoms with van der Waals surface area (Å²) in [5.74, 6) is -0.874. The zero-order valence-corrected chi connectivity index (χ0v) is 26.5. The molecular weight excluding hydrogens is 605 g/mol. The Morgan fingerprint density at radius 1 is 0.902 bits per heavy atom. The SMILES string of the molecule is CC[C@H](C(=O)N[C@@H](C)CC)N(Cc1ccc(Cl)c(Cl)c1)C(=O)CN(c1ccccc1C)S(=O)(=O)c1ccc(Cl)cc1. The summed E-state index contributed by atoms with van der Waals surface area (Å²) in [4.78, 5) is 28.9. The molecule has 0 aromatic heterocycles. The largest absolute Gasteiger partial charge is 0.352 e. The molecule has 0 saturated carbocycles. The van der Waals surface area contributed by atoms with E-state index in [0.29, 0.717) is 44.7 Å². The number of nitrogens with zero attached hydrogens (tertiary/aromatic N) is 2. The molecule has 7 nitrogen and oxygen atoms in total. The first-order valence-corrected chi connectivity index (χ1v) is 15.8. The van der Waals surface area contributed by atoms with E-state index in [0.717, 1.165) is 4.31 Å². The molecular formula is C30H34Cl3N3O4S. The fraction of sp³-hybridized carbons (Fsp3) is 0.333. The Labute approximate surface area is 257 Å².